The molecule has 3 aliphatic rings. The highest BCUT2D eigenvalue weighted by Crippen LogP contribution is 2.43. The molecule has 3 N–H and O–H groups in total. The van der Waals surface area contributed by atoms with Gasteiger partial charge in [-0.15, -0.1) is 0 Å². The van der Waals surface area contributed by atoms with Gasteiger partial charge in [-0.1, -0.05) is 19.9 Å². The van der Waals surface area contributed by atoms with Gasteiger partial charge in [0.15, 0.2) is 0 Å². The van der Waals surface area contributed by atoms with Crippen LogP contribution in [-0.4, -0.2) is 117 Å². The Labute approximate surface area is 422 Å². The zero-order valence-corrected chi connectivity index (χ0v) is 44.0. The van der Waals surface area contributed by atoms with E-state index in [9.17, 15) is 18.9 Å². The Balaban J connectivity index is 0.840. The molecule has 0 saturated carbocycles. The minimum atomic E-state index is -2.76. The van der Waals surface area contributed by atoms with Crippen molar-refractivity contribution in [2.24, 2.45) is 0 Å². The number of halogens is 2. The molecule has 6 heterocycles. The Morgan fingerprint density at radius 3 is 2.35 bits per heavy atom. The molecular weight excluding hydrogens is 989 g/mol. The molecule has 3 saturated heterocycles. The second-order valence-corrected chi connectivity index (χ2v) is 23.0. The molecule has 0 bridgehead atoms. The quantitative estimate of drug-likeness (QED) is 0.0628. The van der Waals surface area contributed by atoms with E-state index in [1.165, 1.54) is 21.9 Å². The first-order valence-electron chi connectivity index (χ1n) is 25.0. The van der Waals surface area contributed by atoms with Gasteiger partial charge in [0.05, 0.1) is 39.0 Å². The third-order valence-corrected chi connectivity index (χ3v) is 16.5. The van der Waals surface area contributed by atoms with E-state index >= 15 is 4.39 Å². The van der Waals surface area contributed by atoms with Gasteiger partial charge in [0.25, 0.3) is 0 Å². The highest BCUT2D eigenvalue weighted by molar-refractivity contribution is 9.10. The minimum Gasteiger partial charge on any atom is -0.492 e. The number of rotatable bonds is 16. The van der Waals surface area contributed by atoms with E-state index < -0.39 is 19.1 Å². The Hall–Kier alpha value is -5.68. The lowest BCUT2D eigenvalue weighted by atomic mass is 9.99. The second-order valence-electron chi connectivity index (χ2n) is 19.0. The first kappa shape index (κ1) is 50.3. The number of anilines is 5. The van der Waals surface area contributed by atoms with E-state index in [2.05, 4.69) is 77.5 Å². The molecule has 16 nitrogen and oxygen atoms in total. The Morgan fingerprint density at radius 2 is 1.66 bits per heavy atom. The molecule has 71 heavy (non-hydrogen) atoms. The van der Waals surface area contributed by atoms with Gasteiger partial charge in [-0.05, 0) is 124 Å². The van der Waals surface area contributed by atoms with Crippen LogP contribution in [0.3, 0.4) is 0 Å². The lowest BCUT2D eigenvalue weighted by Crippen LogP contribution is -2.53. The molecule has 0 spiro atoms. The van der Waals surface area contributed by atoms with Crippen LogP contribution in [0.25, 0.3) is 21.9 Å². The molecular formula is C52H64BrFN11O5P. The molecule has 0 aliphatic carbocycles. The number of piperidine rings is 2. The van der Waals surface area contributed by atoms with E-state index in [1.54, 1.807) is 30.2 Å². The van der Waals surface area contributed by atoms with Crippen molar-refractivity contribution in [2.45, 2.75) is 91.3 Å². The standard InChI is InChI=1S/C52H64BrFN11O5P/c1-7-32-29-41(58-51-55-31-37(53)49(60-51)57-40-15-14-39-36(48(40)71(5,6)69)12-11-33(8-2)56-39)45(70-10-4)30-44(32)63-23-19-34(20-24-63)62-27-25-61(26-28-62)22-21-35-38(54)13-16-42-47(35)64(9-3)52(68)65(42)43-17-18-46(66)59-50(43)67/h11-16,29-31,34,43H,7-10,17-28H2,1-6H3,(H,59,66,67)(H2,55,57,58,60). The number of benzene rings is 3. The first-order chi connectivity index (χ1) is 34.2. The number of amides is 2. The number of aryl methyl sites for hydroxylation is 3. The number of fused-ring (bicyclic) bond motifs is 2. The van der Waals surface area contributed by atoms with Crippen molar-refractivity contribution in [1.29, 1.82) is 0 Å². The monoisotopic (exact) mass is 1050 g/mol. The maximum atomic E-state index is 15.6. The van der Waals surface area contributed by atoms with Crippen LogP contribution in [0.15, 0.2) is 64.0 Å². The van der Waals surface area contributed by atoms with E-state index in [0.29, 0.717) is 76.4 Å². The van der Waals surface area contributed by atoms with Crippen molar-refractivity contribution < 1.29 is 23.3 Å². The smallest absolute Gasteiger partial charge is 0.329 e. The van der Waals surface area contributed by atoms with Crippen LogP contribution in [0.5, 0.6) is 5.75 Å². The minimum absolute atomic E-state index is 0.147. The van der Waals surface area contributed by atoms with Gasteiger partial charge >= 0.3 is 5.69 Å². The van der Waals surface area contributed by atoms with E-state index in [4.69, 9.17) is 14.7 Å². The summed E-state index contributed by atoms with van der Waals surface area (Å²) >= 11 is 3.64. The van der Waals surface area contributed by atoms with Crippen molar-refractivity contribution in [1.82, 2.24) is 39.2 Å². The largest absolute Gasteiger partial charge is 0.492 e. The maximum absolute atomic E-state index is 15.6. The number of imidazole rings is 1. The summed E-state index contributed by atoms with van der Waals surface area (Å²) in [5.74, 6) is 0.414. The summed E-state index contributed by atoms with van der Waals surface area (Å²) in [6, 6.07) is 14.8. The molecule has 376 valence electrons. The van der Waals surface area contributed by atoms with Gasteiger partial charge in [0, 0.05) is 105 Å². The van der Waals surface area contributed by atoms with Crippen LogP contribution in [0, 0.1) is 5.82 Å². The summed E-state index contributed by atoms with van der Waals surface area (Å²) in [5, 5.41) is 10.8. The van der Waals surface area contributed by atoms with Crippen molar-refractivity contribution in [2.75, 3.05) is 81.3 Å². The normalized spacial score (nSPS) is 17.6. The number of carbonyl (C=O) groups excluding carboxylic acids is 2. The lowest BCUT2D eigenvalue weighted by Gasteiger charge is -2.43. The summed E-state index contributed by atoms with van der Waals surface area (Å²) in [6.07, 6.45) is 6.20. The Morgan fingerprint density at radius 1 is 0.887 bits per heavy atom. The van der Waals surface area contributed by atoms with Crippen LogP contribution in [0.4, 0.5) is 33.2 Å². The third kappa shape index (κ3) is 10.4. The topological polar surface area (TPSA) is 172 Å². The van der Waals surface area contributed by atoms with Gasteiger partial charge in [-0.3, -0.25) is 33.9 Å². The number of nitrogens with one attached hydrogen (secondary N) is 3. The number of carbonyl (C=O) groups is 2. The van der Waals surface area contributed by atoms with Crippen LogP contribution >= 0.6 is 23.1 Å². The molecule has 0 radical (unpaired) electrons. The average molecular weight is 1050 g/mol. The van der Waals surface area contributed by atoms with Crippen LogP contribution in [-0.2, 0) is 40.0 Å². The van der Waals surface area contributed by atoms with E-state index in [-0.39, 0.29) is 30.3 Å². The molecule has 3 aromatic heterocycles. The zero-order valence-electron chi connectivity index (χ0n) is 41.5. The second kappa shape index (κ2) is 21.2. The molecule has 9 rings (SSSR count). The number of imide groups is 1. The summed E-state index contributed by atoms with van der Waals surface area (Å²) < 4.78 is 39.3. The highest BCUT2D eigenvalue weighted by Gasteiger charge is 2.34. The molecule has 2 amide bonds. The summed E-state index contributed by atoms with van der Waals surface area (Å²) in [4.78, 5) is 60.1. The fourth-order valence-corrected chi connectivity index (χ4v) is 12.5. The van der Waals surface area contributed by atoms with E-state index in [1.807, 2.05) is 38.1 Å². The predicted molar refractivity (Wildman–Crippen MR) is 284 cm³/mol. The summed E-state index contributed by atoms with van der Waals surface area (Å²) in [7, 11) is -2.76. The van der Waals surface area contributed by atoms with Crippen molar-refractivity contribution >= 4 is 91.0 Å². The molecule has 1 atom stereocenters. The lowest BCUT2D eigenvalue weighted by molar-refractivity contribution is -0.135. The summed E-state index contributed by atoms with van der Waals surface area (Å²) in [5.41, 5.74) is 6.79. The maximum Gasteiger partial charge on any atom is 0.329 e. The van der Waals surface area contributed by atoms with Crippen molar-refractivity contribution in [3.63, 3.8) is 0 Å². The number of pyridine rings is 1. The zero-order chi connectivity index (χ0) is 50.1. The number of ether oxygens (including phenoxy) is 1. The van der Waals surface area contributed by atoms with Crippen LogP contribution in [0.2, 0.25) is 0 Å². The number of aromatic nitrogens is 5. The third-order valence-electron chi connectivity index (χ3n) is 14.3. The fourth-order valence-electron chi connectivity index (χ4n) is 10.7. The Kier molecular flexibility index (Phi) is 15.0. The molecule has 1 unspecified atom stereocenters. The Bertz CT molecular complexity index is 3100. The predicted octanol–water partition coefficient (Wildman–Crippen LogP) is 8.13. The average Bonchev–Trinajstić information content (AvgIpc) is 3.64. The molecule has 3 aliphatic heterocycles. The number of piperazine rings is 1. The van der Waals surface area contributed by atoms with Crippen LogP contribution in [0.1, 0.15) is 76.2 Å². The van der Waals surface area contributed by atoms with Crippen LogP contribution < -0.4 is 36.6 Å². The van der Waals surface area contributed by atoms with Gasteiger partial charge < -0.3 is 29.7 Å². The number of nitrogens with zero attached hydrogens (tertiary/aromatic N) is 8. The van der Waals surface area contributed by atoms with Gasteiger partial charge in [-0.2, -0.15) is 4.98 Å². The molecule has 6 aromatic rings. The summed E-state index contributed by atoms with van der Waals surface area (Å²) in [6.45, 7) is 18.5. The van der Waals surface area contributed by atoms with Gasteiger partial charge in [0.1, 0.15) is 30.6 Å². The first-order valence-corrected chi connectivity index (χ1v) is 28.4. The number of hydrogen-bond acceptors (Lipinski definition) is 13. The van der Waals surface area contributed by atoms with Crippen molar-refractivity contribution in [3.8, 4) is 5.75 Å². The molecule has 3 fully saturated rings. The molecule has 19 heteroatoms. The van der Waals surface area contributed by atoms with Crippen molar-refractivity contribution in [3.05, 3.63) is 92.3 Å². The van der Waals surface area contributed by atoms with E-state index in [0.717, 1.165) is 92.5 Å². The SMILES string of the molecule is CCOc1cc(N2CCC(N3CCN(CCc4c(F)ccc5c4n(CC)c(=O)n5C4CCC(=O)NC4=O)CC3)CC2)c(CC)cc1Nc1ncc(Br)c(Nc2ccc3nc(CC)ccc3c2P(C)(C)=O)n1. The number of hydrogen-bond donors (Lipinski definition) is 3. The fraction of sp³-hybridized carbons (Fsp3) is 0.462. The van der Waals surface area contributed by atoms with Gasteiger partial charge in [0.2, 0.25) is 17.8 Å². The highest BCUT2D eigenvalue weighted by atomic mass is 79.9. The molecule has 3 aromatic carbocycles. The van der Waals surface area contributed by atoms with Gasteiger partial charge in [-0.25, -0.2) is 14.2 Å².